The predicted molar refractivity (Wildman–Crippen MR) is 81.1 cm³/mol. The van der Waals surface area contributed by atoms with Crippen molar-refractivity contribution in [3.8, 4) is 0 Å². The Morgan fingerprint density at radius 3 is 2.47 bits per heavy atom. The van der Waals surface area contributed by atoms with Crippen LogP contribution in [0.1, 0.15) is 32.6 Å². The second kappa shape index (κ2) is 6.23. The summed E-state index contributed by atoms with van der Waals surface area (Å²) in [5.74, 6) is 2.47. The second-order valence-corrected chi connectivity index (χ2v) is 6.49. The summed E-state index contributed by atoms with van der Waals surface area (Å²) in [6.45, 7) is 7.48. The summed E-state index contributed by atoms with van der Waals surface area (Å²) in [4.78, 5) is 2.63. The summed E-state index contributed by atoms with van der Waals surface area (Å²) in [6, 6.07) is 0.769. The number of hydrogen-bond acceptors (Lipinski definition) is 2. The van der Waals surface area contributed by atoms with E-state index in [1.165, 1.54) is 51.9 Å². The first-order valence-corrected chi connectivity index (χ1v) is 8.17. The average Bonchev–Trinajstić information content (AvgIpc) is 2.49. The Bertz CT molecular complexity index is 339. The molecule has 0 aromatic carbocycles. The predicted octanol–water partition coefficient (Wildman–Crippen LogP) is 2.83. The van der Waals surface area contributed by atoms with Gasteiger partial charge < -0.3 is 10.2 Å². The number of nitrogens with zero attached hydrogens (tertiary/aromatic N) is 1. The number of piperidine rings is 3. The molecule has 3 atom stereocenters. The van der Waals surface area contributed by atoms with Gasteiger partial charge in [-0.1, -0.05) is 31.2 Å². The van der Waals surface area contributed by atoms with Gasteiger partial charge in [0.2, 0.25) is 0 Å². The molecule has 3 aliphatic heterocycles. The van der Waals surface area contributed by atoms with Crippen LogP contribution in [0.2, 0.25) is 0 Å². The highest BCUT2D eigenvalue weighted by atomic mass is 15.2. The van der Waals surface area contributed by atoms with Gasteiger partial charge >= 0.3 is 0 Å². The van der Waals surface area contributed by atoms with Crippen LogP contribution in [0.5, 0.6) is 0 Å². The summed E-state index contributed by atoms with van der Waals surface area (Å²) < 4.78 is 0. The van der Waals surface area contributed by atoms with Gasteiger partial charge in [-0.3, -0.25) is 0 Å². The number of fused-ring (bicyclic) bond motifs is 3. The number of hydrogen-bond donors (Lipinski definition) is 1. The first-order chi connectivity index (χ1) is 9.36. The first kappa shape index (κ1) is 13.4. The molecule has 1 aliphatic carbocycles. The highest BCUT2D eigenvalue weighted by molar-refractivity contribution is 5.14. The lowest BCUT2D eigenvalue weighted by atomic mass is 9.82. The molecule has 0 radical (unpaired) electrons. The van der Waals surface area contributed by atoms with E-state index in [9.17, 15) is 0 Å². The molecule has 3 fully saturated rings. The quantitative estimate of drug-likeness (QED) is 0.818. The molecule has 2 bridgehead atoms. The molecule has 2 unspecified atom stereocenters. The third-order valence-electron chi connectivity index (χ3n) is 5.39. The zero-order valence-electron chi connectivity index (χ0n) is 12.2. The molecule has 0 saturated carbocycles. The summed E-state index contributed by atoms with van der Waals surface area (Å²) in [7, 11) is 0. The zero-order valence-corrected chi connectivity index (χ0v) is 12.2. The molecule has 3 heterocycles. The molecule has 3 saturated heterocycles. The van der Waals surface area contributed by atoms with Crippen LogP contribution in [0.25, 0.3) is 0 Å². The van der Waals surface area contributed by atoms with E-state index in [4.69, 9.17) is 0 Å². The van der Waals surface area contributed by atoms with E-state index >= 15 is 0 Å². The third-order valence-corrected chi connectivity index (χ3v) is 5.39. The Kier molecular flexibility index (Phi) is 4.39. The molecule has 4 rings (SSSR count). The van der Waals surface area contributed by atoms with E-state index in [-0.39, 0.29) is 0 Å². The lowest BCUT2D eigenvalue weighted by molar-refractivity contribution is 0.0722. The minimum atomic E-state index is 0.753. The Balaban J connectivity index is 1.43. The van der Waals surface area contributed by atoms with Gasteiger partial charge in [0.1, 0.15) is 0 Å². The topological polar surface area (TPSA) is 15.3 Å². The largest absolute Gasteiger partial charge is 0.312 e. The standard InChI is InChI=1S/C17H28N2/c1-2-14-5-3-4-6-15(14)7-10-18-17-13-19-11-8-16(17)9-12-19/h3-6,14-18H,2,7-13H2,1H3/t14?,15-,17?/m0/s1. The van der Waals surface area contributed by atoms with Crippen LogP contribution < -0.4 is 5.32 Å². The van der Waals surface area contributed by atoms with Gasteiger partial charge in [0, 0.05) is 12.6 Å². The monoisotopic (exact) mass is 260 g/mol. The van der Waals surface area contributed by atoms with Gasteiger partial charge in [0.05, 0.1) is 0 Å². The van der Waals surface area contributed by atoms with Crippen molar-refractivity contribution < 1.29 is 0 Å². The van der Waals surface area contributed by atoms with Gasteiger partial charge in [0.15, 0.2) is 0 Å². The van der Waals surface area contributed by atoms with Crippen molar-refractivity contribution in [2.45, 2.75) is 38.6 Å². The van der Waals surface area contributed by atoms with Crippen molar-refractivity contribution in [1.82, 2.24) is 10.2 Å². The fourth-order valence-electron chi connectivity index (χ4n) is 4.08. The van der Waals surface area contributed by atoms with Crippen molar-refractivity contribution in [3.63, 3.8) is 0 Å². The number of allylic oxidation sites excluding steroid dienone is 4. The third kappa shape index (κ3) is 3.11. The lowest BCUT2D eigenvalue weighted by Gasteiger charge is -2.45. The Hall–Kier alpha value is -0.600. The second-order valence-electron chi connectivity index (χ2n) is 6.49. The number of rotatable bonds is 5. The summed E-state index contributed by atoms with van der Waals surface area (Å²) in [6.07, 6.45) is 14.6. The molecule has 106 valence electrons. The minimum absolute atomic E-state index is 0.753. The van der Waals surface area contributed by atoms with Crippen LogP contribution in [0.3, 0.4) is 0 Å². The van der Waals surface area contributed by atoms with Crippen LogP contribution >= 0.6 is 0 Å². The molecular formula is C17H28N2. The molecule has 0 aromatic rings. The maximum absolute atomic E-state index is 3.85. The van der Waals surface area contributed by atoms with Crippen LogP contribution in [0.15, 0.2) is 24.3 Å². The van der Waals surface area contributed by atoms with Crippen molar-refractivity contribution in [2.24, 2.45) is 17.8 Å². The molecular weight excluding hydrogens is 232 g/mol. The summed E-state index contributed by atoms with van der Waals surface area (Å²) in [5.41, 5.74) is 0. The molecule has 0 spiro atoms. The Morgan fingerprint density at radius 1 is 1.11 bits per heavy atom. The van der Waals surface area contributed by atoms with Crippen molar-refractivity contribution in [3.05, 3.63) is 24.3 Å². The van der Waals surface area contributed by atoms with Crippen molar-refractivity contribution in [2.75, 3.05) is 26.2 Å². The normalized spacial score (nSPS) is 40.8. The zero-order chi connectivity index (χ0) is 13.1. The molecule has 0 amide bonds. The molecule has 0 aromatic heterocycles. The van der Waals surface area contributed by atoms with Crippen molar-refractivity contribution in [1.29, 1.82) is 0 Å². The minimum Gasteiger partial charge on any atom is -0.312 e. The van der Waals surface area contributed by atoms with E-state index in [1.54, 1.807) is 0 Å². The fraction of sp³-hybridized carbons (Fsp3) is 0.765. The number of nitrogens with one attached hydrogen (secondary N) is 1. The van der Waals surface area contributed by atoms with E-state index in [0.29, 0.717) is 0 Å². The summed E-state index contributed by atoms with van der Waals surface area (Å²) >= 11 is 0. The molecule has 1 N–H and O–H groups in total. The van der Waals surface area contributed by atoms with Gasteiger partial charge in [-0.2, -0.15) is 0 Å². The first-order valence-electron chi connectivity index (χ1n) is 8.17. The van der Waals surface area contributed by atoms with Crippen LogP contribution in [-0.4, -0.2) is 37.1 Å². The van der Waals surface area contributed by atoms with Gasteiger partial charge in [-0.25, -0.2) is 0 Å². The van der Waals surface area contributed by atoms with E-state index in [2.05, 4.69) is 41.4 Å². The smallest absolute Gasteiger partial charge is 0.0224 e. The maximum atomic E-state index is 3.85. The highest BCUT2D eigenvalue weighted by Crippen LogP contribution is 2.28. The maximum Gasteiger partial charge on any atom is 0.0224 e. The van der Waals surface area contributed by atoms with E-state index in [1.807, 2.05) is 0 Å². The SMILES string of the molecule is CCC1C=CC=C[C@H]1CCNC1CN2CCC1CC2. The van der Waals surface area contributed by atoms with E-state index < -0.39 is 0 Å². The molecule has 4 aliphatic rings. The van der Waals surface area contributed by atoms with Gasteiger partial charge in [-0.05, 0) is 63.1 Å². The highest BCUT2D eigenvalue weighted by Gasteiger charge is 2.33. The molecule has 2 heteroatoms. The lowest BCUT2D eigenvalue weighted by Crippen LogP contribution is -2.56. The average molecular weight is 260 g/mol. The van der Waals surface area contributed by atoms with Gasteiger partial charge in [-0.15, -0.1) is 0 Å². The van der Waals surface area contributed by atoms with Crippen LogP contribution in [0, 0.1) is 17.8 Å². The van der Waals surface area contributed by atoms with Crippen molar-refractivity contribution >= 4 is 0 Å². The van der Waals surface area contributed by atoms with Crippen LogP contribution in [-0.2, 0) is 0 Å². The van der Waals surface area contributed by atoms with Crippen LogP contribution in [0.4, 0.5) is 0 Å². The molecule has 19 heavy (non-hydrogen) atoms. The fourth-order valence-corrected chi connectivity index (χ4v) is 4.08. The Labute approximate surface area is 117 Å². The van der Waals surface area contributed by atoms with E-state index in [0.717, 1.165) is 23.8 Å². The Morgan fingerprint density at radius 2 is 1.84 bits per heavy atom. The summed E-state index contributed by atoms with van der Waals surface area (Å²) in [5, 5.41) is 3.85. The molecule has 2 nitrogen and oxygen atoms in total. The van der Waals surface area contributed by atoms with Gasteiger partial charge in [0.25, 0.3) is 0 Å².